The van der Waals surface area contributed by atoms with Crippen LogP contribution >= 0.6 is 0 Å². The second-order valence-electron chi connectivity index (χ2n) is 6.72. The fourth-order valence-electron chi connectivity index (χ4n) is 3.58. The summed E-state index contributed by atoms with van der Waals surface area (Å²) in [6, 6.07) is 3.27. The number of hydrogen-bond acceptors (Lipinski definition) is 5. The van der Waals surface area contributed by atoms with Gasteiger partial charge in [0.15, 0.2) is 0 Å². The van der Waals surface area contributed by atoms with Crippen molar-refractivity contribution in [3.8, 4) is 5.88 Å². The van der Waals surface area contributed by atoms with Crippen LogP contribution in [0.25, 0.3) is 0 Å². The van der Waals surface area contributed by atoms with E-state index >= 15 is 0 Å². The smallest absolute Gasteiger partial charge is 0.281 e. The molecule has 0 radical (unpaired) electrons. The van der Waals surface area contributed by atoms with Gasteiger partial charge in [0.25, 0.3) is 16.1 Å². The van der Waals surface area contributed by atoms with Crippen molar-refractivity contribution in [1.29, 1.82) is 0 Å². The van der Waals surface area contributed by atoms with Gasteiger partial charge in [0.1, 0.15) is 5.56 Å². The summed E-state index contributed by atoms with van der Waals surface area (Å²) in [6.45, 7) is 1.33. The monoisotopic (exact) mass is 368 g/mol. The van der Waals surface area contributed by atoms with E-state index in [1.807, 2.05) is 0 Å². The van der Waals surface area contributed by atoms with E-state index < -0.39 is 10.2 Å². The molecule has 3 aliphatic heterocycles. The van der Waals surface area contributed by atoms with Gasteiger partial charge in [-0.15, -0.1) is 0 Å². The van der Waals surface area contributed by atoms with Crippen molar-refractivity contribution in [2.45, 2.75) is 18.9 Å². The Hall–Kier alpha value is -1.71. The Labute approximate surface area is 148 Å². The van der Waals surface area contributed by atoms with Crippen LogP contribution < -0.4 is 4.74 Å². The highest BCUT2D eigenvalue weighted by molar-refractivity contribution is 7.86. The van der Waals surface area contributed by atoms with Gasteiger partial charge in [0.2, 0.25) is 5.88 Å². The Morgan fingerprint density at radius 1 is 1.28 bits per heavy atom. The fraction of sp³-hybridized carbons (Fsp3) is 0.625. The molecule has 3 fully saturated rings. The molecule has 0 spiro atoms. The van der Waals surface area contributed by atoms with Gasteiger partial charge in [-0.25, -0.2) is 4.98 Å². The standard InChI is InChI=1S/C16H24N4O4S/c1-18(2)25(22,23)19-9-12-6-7-13(11-19)20(10-12)16(21)14-5-4-8-17-15(14)24-3/h4-5,8,12-13H,6-7,9-11H2,1-3H3/t12-,13+/m0/s1. The summed E-state index contributed by atoms with van der Waals surface area (Å²) in [4.78, 5) is 18.9. The zero-order chi connectivity index (χ0) is 18.2. The predicted octanol–water partition coefficient (Wildman–Crippen LogP) is 0.433. The van der Waals surface area contributed by atoms with Crippen molar-refractivity contribution < 1.29 is 17.9 Å². The Balaban J connectivity index is 1.87. The molecular formula is C16H24N4O4S. The second-order valence-corrected chi connectivity index (χ2v) is 8.86. The highest BCUT2D eigenvalue weighted by Gasteiger charge is 2.42. The van der Waals surface area contributed by atoms with Crippen molar-refractivity contribution in [1.82, 2.24) is 18.5 Å². The van der Waals surface area contributed by atoms with E-state index in [-0.39, 0.29) is 17.9 Å². The molecule has 3 saturated heterocycles. The number of carbonyl (C=O) groups is 1. The van der Waals surface area contributed by atoms with Crippen LogP contribution in [0.2, 0.25) is 0 Å². The maximum atomic E-state index is 13.0. The minimum absolute atomic E-state index is 0.133. The number of rotatable bonds is 4. The average Bonchev–Trinajstić information content (AvgIpc) is 2.93. The number of fused-ring (bicyclic) bond motifs is 4. The Bertz CT molecular complexity index is 752. The first-order valence-electron chi connectivity index (χ1n) is 8.32. The molecule has 1 aromatic rings. The Kier molecular flexibility index (Phi) is 4.99. The van der Waals surface area contributed by atoms with Gasteiger partial charge in [-0.2, -0.15) is 17.0 Å². The highest BCUT2D eigenvalue weighted by Crippen LogP contribution is 2.31. The number of aromatic nitrogens is 1. The van der Waals surface area contributed by atoms with Gasteiger partial charge >= 0.3 is 0 Å². The van der Waals surface area contributed by atoms with Crippen molar-refractivity contribution in [3.05, 3.63) is 23.9 Å². The molecule has 1 amide bonds. The molecule has 4 heterocycles. The molecule has 0 aliphatic carbocycles. The lowest BCUT2D eigenvalue weighted by Gasteiger charge is -2.36. The van der Waals surface area contributed by atoms with E-state index in [9.17, 15) is 13.2 Å². The molecule has 4 rings (SSSR count). The van der Waals surface area contributed by atoms with Gasteiger partial charge in [-0.1, -0.05) is 0 Å². The van der Waals surface area contributed by atoms with Gasteiger partial charge in [0.05, 0.1) is 7.11 Å². The molecule has 9 heteroatoms. The number of amides is 1. The Morgan fingerprint density at radius 2 is 2.04 bits per heavy atom. The molecule has 8 nitrogen and oxygen atoms in total. The number of ether oxygens (including phenoxy) is 1. The van der Waals surface area contributed by atoms with E-state index in [4.69, 9.17) is 4.74 Å². The van der Waals surface area contributed by atoms with Crippen LogP contribution in [0.4, 0.5) is 0 Å². The summed E-state index contributed by atoms with van der Waals surface area (Å²) < 4.78 is 33.0. The van der Waals surface area contributed by atoms with Crippen molar-refractivity contribution in [3.63, 3.8) is 0 Å². The molecule has 0 aromatic carbocycles. The van der Waals surface area contributed by atoms with Crippen LogP contribution in [0.3, 0.4) is 0 Å². The zero-order valence-electron chi connectivity index (χ0n) is 14.8. The van der Waals surface area contributed by atoms with Crippen LogP contribution in [-0.2, 0) is 10.2 Å². The molecule has 138 valence electrons. The van der Waals surface area contributed by atoms with E-state index in [0.717, 1.165) is 12.8 Å². The third-order valence-electron chi connectivity index (χ3n) is 4.92. The molecule has 0 unspecified atom stereocenters. The minimum atomic E-state index is -3.48. The lowest BCUT2D eigenvalue weighted by Crippen LogP contribution is -2.48. The second kappa shape index (κ2) is 6.89. The van der Waals surface area contributed by atoms with E-state index in [1.165, 1.54) is 29.8 Å². The molecule has 0 saturated carbocycles. The molecular weight excluding hydrogens is 344 g/mol. The summed E-state index contributed by atoms with van der Waals surface area (Å²) in [6.07, 6.45) is 3.31. The quantitative estimate of drug-likeness (QED) is 0.770. The summed E-state index contributed by atoms with van der Waals surface area (Å²) in [5.41, 5.74) is 0.416. The topological polar surface area (TPSA) is 83.0 Å². The number of hydrogen-bond donors (Lipinski definition) is 0. The average molecular weight is 368 g/mol. The molecule has 2 bridgehead atoms. The maximum Gasteiger partial charge on any atom is 0.281 e. The number of carbonyl (C=O) groups excluding carboxylic acids is 1. The Morgan fingerprint density at radius 3 is 2.72 bits per heavy atom. The predicted molar refractivity (Wildman–Crippen MR) is 92.5 cm³/mol. The molecule has 0 N–H and O–H groups in total. The van der Waals surface area contributed by atoms with Crippen molar-refractivity contribution >= 4 is 16.1 Å². The third-order valence-corrected chi connectivity index (χ3v) is 6.80. The first kappa shape index (κ1) is 18.1. The number of piperidine rings is 1. The van der Waals surface area contributed by atoms with Crippen LogP contribution in [0.15, 0.2) is 18.3 Å². The van der Waals surface area contributed by atoms with Crippen molar-refractivity contribution in [2.24, 2.45) is 5.92 Å². The summed E-state index contributed by atoms with van der Waals surface area (Å²) in [5.74, 6) is 0.286. The first-order valence-corrected chi connectivity index (χ1v) is 9.72. The minimum Gasteiger partial charge on any atom is -0.480 e. The summed E-state index contributed by atoms with van der Waals surface area (Å²) in [5, 5.41) is 0. The summed E-state index contributed by atoms with van der Waals surface area (Å²) >= 11 is 0. The van der Waals surface area contributed by atoms with Crippen molar-refractivity contribution in [2.75, 3.05) is 40.8 Å². The number of nitrogens with zero attached hydrogens (tertiary/aromatic N) is 4. The molecule has 2 atom stereocenters. The number of pyridine rings is 1. The zero-order valence-corrected chi connectivity index (χ0v) is 15.6. The van der Waals surface area contributed by atoms with Gasteiger partial charge in [0, 0.05) is 46.0 Å². The van der Waals surface area contributed by atoms with E-state index in [1.54, 1.807) is 23.2 Å². The van der Waals surface area contributed by atoms with Gasteiger partial charge in [-0.3, -0.25) is 4.79 Å². The first-order chi connectivity index (χ1) is 11.8. The number of methoxy groups -OCH3 is 1. The fourth-order valence-corrected chi connectivity index (χ4v) is 4.80. The SMILES string of the molecule is COc1ncccc1C(=O)N1C[C@H]2CC[C@@H]1CN(S(=O)(=O)N(C)C)C2. The normalized spacial score (nSPS) is 24.4. The largest absolute Gasteiger partial charge is 0.480 e. The lowest BCUT2D eigenvalue weighted by atomic mass is 9.94. The van der Waals surface area contributed by atoms with Crippen LogP contribution in [0, 0.1) is 5.92 Å². The van der Waals surface area contributed by atoms with Crippen LogP contribution in [-0.4, -0.2) is 79.7 Å². The van der Waals surface area contributed by atoms with Crippen LogP contribution in [0.5, 0.6) is 5.88 Å². The molecule has 3 aliphatic rings. The lowest BCUT2D eigenvalue weighted by molar-refractivity contribution is 0.0584. The van der Waals surface area contributed by atoms with Gasteiger partial charge in [-0.05, 0) is 30.9 Å². The molecule has 25 heavy (non-hydrogen) atoms. The van der Waals surface area contributed by atoms with E-state index in [2.05, 4.69) is 4.98 Å². The van der Waals surface area contributed by atoms with E-state index in [0.29, 0.717) is 31.1 Å². The third kappa shape index (κ3) is 3.36. The summed E-state index contributed by atoms with van der Waals surface area (Å²) in [7, 11) is 1.07. The molecule has 1 aromatic heterocycles. The highest BCUT2D eigenvalue weighted by atomic mass is 32.2. The van der Waals surface area contributed by atoms with Gasteiger partial charge < -0.3 is 9.64 Å². The maximum absolute atomic E-state index is 13.0. The van der Waals surface area contributed by atoms with Crippen LogP contribution in [0.1, 0.15) is 23.2 Å².